The predicted octanol–water partition coefficient (Wildman–Crippen LogP) is 0.611. The molecule has 1 aromatic heterocycles. The number of methoxy groups -OCH3 is 1. The molecule has 0 saturated carbocycles. The minimum absolute atomic E-state index is 0.203. The quantitative estimate of drug-likeness (QED) is 0.813. The molecule has 0 aliphatic carbocycles. The highest BCUT2D eigenvalue weighted by Crippen LogP contribution is 2.19. The molecule has 1 fully saturated rings. The molecule has 1 aliphatic heterocycles. The van der Waals surface area contributed by atoms with Gasteiger partial charge in [-0.15, -0.1) is 0 Å². The van der Waals surface area contributed by atoms with Gasteiger partial charge in [-0.25, -0.2) is 0 Å². The van der Waals surface area contributed by atoms with Crippen LogP contribution in [0.15, 0.2) is 4.52 Å². The Morgan fingerprint density at radius 3 is 3.06 bits per heavy atom. The molecule has 0 radical (unpaired) electrons. The normalized spacial score (nSPS) is 23.8. The first-order valence-electron chi connectivity index (χ1n) is 5.84. The average molecular weight is 241 g/mol. The zero-order chi connectivity index (χ0) is 12.3. The first-order chi connectivity index (χ1) is 8.12. The first kappa shape index (κ1) is 12.5. The second kappa shape index (κ2) is 5.12. The van der Waals surface area contributed by atoms with E-state index in [1.807, 2.05) is 6.92 Å². The van der Waals surface area contributed by atoms with Gasteiger partial charge in [-0.3, -0.25) is 0 Å². The summed E-state index contributed by atoms with van der Waals surface area (Å²) in [5.41, 5.74) is 5.31. The van der Waals surface area contributed by atoms with E-state index in [1.165, 1.54) is 0 Å². The van der Waals surface area contributed by atoms with Gasteiger partial charge in [0.25, 0.3) is 0 Å². The third-order valence-corrected chi connectivity index (χ3v) is 2.85. The zero-order valence-electron chi connectivity index (χ0n) is 10.3. The number of nitrogens with zero attached hydrogens (tertiary/aromatic N) is 2. The van der Waals surface area contributed by atoms with Gasteiger partial charge in [0.1, 0.15) is 5.54 Å². The molecule has 6 heteroatoms. The van der Waals surface area contributed by atoms with Crippen LogP contribution in [-0.2, 0) is 21.4 Å². The van der Waals surface area contributed by atoms with E-state index in [0.717, 1.165) is 19.4 Å². The summed E-state index contributed by atoms with van der Waals surface area (Å²) in [5.74, 6) is 1.06. The van der Waals surface area contributed by atoms with Gasteiger partial charge in [0.2, 0.25) is 5.89 Å². The highest BCUT2D eigenvalue weighted by molar-refractivity contribution is 5.02. The Kier molecular flexibility index (Phi) is 3.76. The van der Waals surface area contributed by atoms with Gasteiger partial charge in [-0.2, -0.15) is 4.98 Å². The minimum atomic E-state index is -0.715. The Morgan fingerprint density at radius 2 is 2.41 bits per heavy atom. The average Bonchev–Trinajstić information content (AvgIpc) is 2.89. The number of rotatable bonds is 5. The zero-order valence-corrected chi connectivity index (χ0v) is 10.3. The smallest absolute Gasteiger partial charge is 0.229 e. The molecule has 1 saturated heterocycles. The summed E-state index contributed by atoms with van der Waals surface area (Å²) in [6, 6.07) is 0. The standard InChI is InChI=1S/C11H19N3O3/c1-11(12,7-15-2)10-13-9(17-14-10)6-8-4-3-5-16-8/h8H,3-7,12H2,1-2H3. The van der Waals surface area contributed by atoms with E-state index in [-0.39, 0.29) is 6.10 Å². The maximum atomic E-state index is 6.03. The van der Waals surface area contributed by atoms with Crippen molar-refractivity contribution in [3.05, 3.63) is 11.7 Å². The van der Waals surface area contributed by atoms with E-state index in [4.69, 9.17) is 19.7 Å². The first-order valence-corrected chi connectivity index (χ1v) is 5.84. The molecule has 6 nitrogen and oxygen atoms in total. The van der Waals surface area contributed by atoms with Crippen LogP contribution in [-0.4, -0.2) is 36.6 Å². The molecule has 17 heavy (non-hydrogen) atoms. The predicted molar refractivity (Wildman–Crippen MR) is 60.4 cm³/mol. The van der Waals surface area contributed by atoms with Crippen LogP contribution < -0.4 is 5.73 Å². The van der Waals surface area contributed by atoms with Gasteiger partial charge < -0.3 is 19.7 Å². The van der Waals surface area contributed by atoms with Crippen LogP contribution in [0.25, 0.3) is 0 Å². The molecule has 2 atom stereocenters. The Balaban J connectivity index is 1.99. The molecule has 2 rings (SSSR count). The van der Waals surface area contributed by atoms with Crippen LogP contribution >= 0.6 is 0 Å². The lowest BCUT2D eigenvalue weighted by Gasteiger charge is -2.18. The van der Waals surface area contributed by atoms with Crippen molar-refractivity contribution in [2.75, 3.05) is 20.3 Å². The van der Waals surface area contributed by atoms with Gasteiger partial charge in [0.15, 0.2) is 5.82 Å². The maximum absolute atomic E-state index is 6.03. The van der Waals surface area contributed by atoms with Crippen molar-refractivity contribution in [2.24, 2.45) is 5.73 Å². The molecule has 0 amide bonds. The van der Waals surface area contributed by atoms with Crippen molar-refractivity contribution < 1.29 is 14.0 Å². The number of aromatic nitrogens is 2. The summed E-state index contributed by atoms with van der Waals surface area (Å²) < 4.78 is 15.7. The fourth-order valence-electron chi connectivity index (χ4n) is 1.93. The molecule has 2 heterocycles. The largest absolute Gasteiger partial charge is 0.382 e. The van der Waals surface area contributed by atoms with E-state index in [9.17, 15) is 0 Å². The summed E-state index contributed by atoms with van der Waals surface area (Å²) in [6.07, 6.45) is 3.02. The van der Waals surface area contributed by atoms with Crippen molar-refractivity contribution >= 4 is 0 Å². The van der Waals surface area contributed by atoms with E-state index >= 15 is 0 Å². The van der Waals surface area contributed by atoms with Gasteiger partial charge in [-0.05, 0) is 19.8 Å². The molecular weight excluding hydrogens is 222 g/mol. The van der Waals surface area contributed by atoms with E-state index in [1.54, 1.807) is 7.11 Å². The van der Waals surface area contributed by atoms with Crippen molar-refractivity contribution in [3.8, 4) is 0 Å². The Bertz CT molecular complexity index is 359. The van der Waals surface area contributed by atoms with E-state index in [2.05, 4.69) is 10.1 Å². The number of hydrogen-bond donors (Lipinski definition) is 1. The van der Waals surface area contributed by atoms with Crippen molar-refractivity contribution in [1.82, 2.24) is 10.1 Å². The SMILES string of the molecule is COCC(C)(N)c1noc(CC2CCCO2)n1. The molecule has 2 N–H and O–H groups in total. The van der Waals surface area contributed by atoms with Gasteiger partial charge >= 0.3 is 0 Å². The Labute approximate surface area is 100 Å². The van der Waals surface area contributed by atoms with Gasteiger partial charge in [0.05, 0.1) is 19.1 Å². The Morgan fingerprint density at radius 1 is 1.59 bits per heavy atom. The van der Waals surface area contributed by atoms with E-state index in [0.29, 0.717) is 24.7 Å². The lowest BCUT2D eigenvalue weighted by Crippen LogP contribution is -2.39. The summed E-state index contributed by atoms with van der Waals surface area (Å²) >= 11 is 0. The molecule has 96 valence electrons. The van der Waals surface area contributed by atoms with Crippen molar-refractivity contribution in [1.29, 1.82) is 0 Å². The number of hydrogen-bond acceptors (Lipinski definition) is 6. The van der Waals surface area contributed by atoms with Crippen molar-refractivity contribution in [3.63, 3.8) is 0 Å². The third-order valence-electron chi connectivity index (χ3n) is 2.85. The fraction of sp³-hybridized carbons (Fsp3) is 0.818. The molecular formula is C11H19N3O3. The molecule has 0 spiro atoms. The highest BCUT2D eigenvalue weighted by atomic mass is 16.5. The molecule has 0 aromatic carbocycles. The highest BCUT2D eigenvalue weighted by Gasteiger charge is 2.28. The van der Waals surface area contributed by atoms with Gasteiger partial charge in [0, 0.05) is 13.7 Å². The third kappa shape index (κ3) is 3.02. The maximum Gasteiger partial charge on any atom is 0.229 e. The molecule has 0 bridgehead atoms. The topological polar surface area (TPSA) is 83.4 Å². The van der Waals surface area contributed by atoms with Crippen LogP contribution in [0.5, 0.6) is 0 Å². The monoisotopic (exact) mass is 241 g/mol. The fourth-order valence-corrected chi connectivity index (χ4v) is 1.93. The summed E-state index contributed by atoms with van der Waals surface area (Å²) in [5, 5.41) is 3.90. The summed E-state index contributed by atoms with van der Waals surface area (Å²) in [7, 11) is 1.60. The van der Waals surface area contributed by atoms with Crippen LogP contribution in [0, 0.1) is 0 Å². The van der Waals surface area contributed by atoms with Gasteiger partial charge in [-0.1, -0.05) is 5.16 Å². The molecule has 1 aromatic rings. The molecule has 1 aliphatic rings. The Hall–Kier alpha value is -0.980. The van der Waals surface area contributed by atoms with Crippen LogP contribution in [0.3, 0.4) is 0 Å². The summed E-state index contributed by atoms with van der Waals surface area (Å²) in [4.78, 5) is 4.30. The van der Waals surface area contributed by atoms with Crippen LogP contribution in [0.4, 0.5) is 0 Å². The van der Waals surface area contributed by atoms with Crippen LogP contribution in [0.2, 0.25) is 0 Å². The second-order valence-corrected chi connectivity index (χ2v) is 4.70. The minimum Gasteiger partial charge on any atom is -0.382 e. The molecule has 2 unspecified atom stereocenters. The van der Waals surface area contributed by atoms with E-state index < -0.39 is 5.54 Å². The second-order valence-electron chi connectivity index (χ2n) is 4.70. The lowest BCUT2D eigenvalue weighted by molar-refractivity contribution is 0.104. The lowest BCUT2D eigenvalue weighted by atomic mass is 10.1. The van der Waals surface area contributed by atoms with Crippen LogP contribution in [0.1, 0.15) is 31.5 Å². The van der Waals surface area contributed by atoms with Crippen molar-refractivity contribution in [2.45, 2.75) is 37.8 Å². The number of nitrogens with two attached hydrogens (primary N) is 1. The number of ether oxygens (including phenoxy) is 2. The summed E-state index contributed by atoms with van der Waals surface area (Å²) in [6.45, 7) is 2.99.